The lowest BCUT2D eigenvalue weighted by Gasteiger charge is -2.26. The summed E-state index contributed by atoms with van der Waals surface area (Å²) in [5.74, 6) is 0.976. The molecule has 8 nitrogen and oxygen atoms in total. The Labute approximate surface area is 199 Å². The van der Waals surface area contributed by atoms with Crippen molar-refractivity contribution >= 4 is 16.8 Å². The summed E-state index contributed by atoms with van der Waals surface area (Å²) < 4.78 is 17.2. The van der Waals surface area contributed by atoms with Crippen molar-refractivity contribution in [3.05, 3.63) is 59.8 Å². The second-order valence-corrected chi connectivity index (χ2v) is 8.97. The van der Waals surface area contributed by atoms with Gasteiger partial charge in [0.1, 0.15) is 12.4 Å². The number of nitrogens with one attached hydrogen (secondary N) is 1. The zero-order valence-electron chi connectivity index (χ0n) is 19.4. The fourth-order valence-corrected chi connectivity index (χ4v) is 4.73. The van der Waals surface area contributed by atoms with Crippen LogP contribution in [0.4, 0.5) is 0 Å². The fourth-order valence-electron chi connectivity index (χ4n) is 4.73. The molecule has 3 heterocycles. The molecule has 0 radical (unpaired) electrons. The molecule has 0 aliphatic carbocycles. The summed E-state index contributed by atoms with van der Waals surface area (Å²) >= 11 is 0. The van der Waals surface area contributed by atoms with E-state index in [1.165, 1.54) is 5.56 Å². The molecule has 2 aliphatic heterocycles. The van der Waals surface area contributed by atoms with Gasteiger partial charge in [0.05, 0.1) is 38.1 Å². The van der Waals surface area contributed by atoms with E-state index in [2.05, 4.69) is 21.2 Å². The van der Waals surface area contributed by atoms with Gasteiger partial charge in [-0.3, -0.25) is 14.8 Å². The lowest BCUT2D eigenvalue weighted by molar-refractivity contribution is 0.0322. The SMILES string of the molecule is O=C(c1cccc(OCCN2CCOCC2)c1)N1CCOC[C@@H](Cc2cccc3[nH]ncc23)C1. The smallest absolute Gasteiger partial charge is 0.254 e. The maximum Gasteiger partial charge on any atom is 0.254 e. The van der Waals surface area contributed by atoms with E-state index in [0.29, 0.717) is 38.5 Å². The molecule has 1 amide bonds. The monoisotopic (exact) mass is 464 g/mol. The van der Waals surface area contributed by atoms with Crippen LogP contribution in [0, 0.1) is 5.92 Å². The summed E-state index contributed by atoms with van der Waals surface area (Å²) in [6.45, 7) is 7.33. The number of amides is 1. The van der Waals surface area contributed by atoms with Gasteiger partial charge in [-0.05, 0) is 36.2 Å². The number of rotatable bonds is 7. The van der Waals surface area contributed by atoms with E-state index in [-0.39, 0.29) is 11.8 Å². The Morgan fingerprint density at radius 1 is 1.09 bits per heavy atom. The first kappa shape index (κ1) is 22.8. The molecular formula is C26H32N4O4. The van der Waals surface area contributed by atoms with E-state index >= 15 is 0 Å². The Balaban J connectivity index is 1.21. The Morgan fingerprint density at radius 3 is 2.85 bits per heavy atom. The number of carbonyl (C=O) groups is 1. The number of benzene rings is 2. The van der Waals surface area contributed by atoms with Gasteiger partial charge in [-0.1, -0.05) is 18.2 Å². The number of morpholine rings is 1. The van der Waals surface area contributed by atoms with E-state index < -0.39 is 0 Å². The minimum atomic E-state index is 0.0237. The second-order valence-electron chi connectivity index (χ2n) is 8.97. The Morgan fingerprint density at radius 2 is 1.94 bits per heavy atom. The third-order valence-corrected chi connectivity index (χ3v) is 6.57. The standard InChI is InChI=1S/C26H32N4O4/c31-26(22-4-1-5-23(16-22)34-14-9-29-7-11-32-12-8-29)30-10-13-33-19-20(18-30)15-21-3-2-6-25-24(21)17-27-28-25/h1-6,16-17,20H,7-15,18-19H2,(H,27,28)/t20-/m0/s1. The molecule has 5 rings (SSSR count). The molecule has 180 valence electrons. The maximum atomic E-state index is 13.4. The molecule has 0 bridgehead atoms. The Kier molecular flexibility index (Phi) is 7.38. The van der Waals surface area contributed by atoms with Crippen molar-refractivity contribution in [1.29, 1.82) is 0 Å². The molecule has 1 N–H and O–H groups in total. The Hall–Kier alpha value is -2.94. The highest BCUT2D eigenvalue weighted by Gasteiger charge is 2.24. The van der Waals surface area contributed by atoms with Crippen molar-refractivity contribution in [3.8, 4) is 5.75 Å². The molecule has 1 aromatic heterocycles. The van der Waals surface area contributed by atoms with Gasteiger partial charge in [0.25, 0.3) is 5.91 Å². The van der Waals surface area contributed by atoms with E-state index in [1.54, 1.807) is 0 Å². The molecule has 2 fully saturated rings. The Bertz CT molecular complexity index is 1100. The summed E-state index contributed by atoms with van der Waals surface area (Å²) in [6.07, 6.45) is 2.71. The number of aromatic nitrogens is 2. The number of hydrogen-bond donors (Lipinski definition) is 1. The van der Waals surface area contributed by atoms with Gasteiger partial charge in [0.2, 0.25) is 0 Å². The van der Waals surface area contributed by atoms with Gasteiger partial charge >= 0.3 is 0 Å². The highest BCUT2D eigenvalue weighted by Crippen LogP contribution is 2.22. The summed E-state index contributed by atoms with van der Waals surface area (Å²) in [7, 11) is 0. The third kappa shape index (κ3) is 5.58. The average Bonchev–Trinajstić information content (AvgIpc) is 3.24. The quantitative estimate of drug-likeness (QED) is 0.579. The van der Waals surface area contributed by atoms with Gasteiger partial charge < -0.3 is 19.1 Å². The molecular weight excluding hydrogens is 432 g/mol. The summed E-state index contributed by atoms with van der Waals surface area (Å²) in [4.78, 5) is 17.6. The number of nitrogens with zero attached hydrogens (tertiary/aromatic N) is 3. The predicted octanol–water partition coefficient (Wildman–Crippen LogP) is 2.61. The lowest BCUT2D eigenvalue weighted by Crippen LogP contribution is -2.38. The predicted molar refractivity (Wildman–Crippen MR) is 129 cm³/mol. The summed E-state index contributed by atoms with van der Waals surface area (Å²) in [5.41, 5.74) is 2.91. The summed E-state index contributed by atoms with van der Waals surface area (Å²) in [5, 5.41) is 8.33. The molecule has 2 aliphatic rings. The van der Waals surface area contributed by atoms with Crippen molar-refractivity contribution in [2.45, 2.75) is 6.42 Å². The minimum Gasteiger partial charge on any atom is -0.492 e. The van der Waals surface area contributed by atoms with Crippen LogP contribution in [0.25, 0.3) is 10.9 Å². The van der Waals surface area contributed by atoms with Crippen molar-refractivity contribution < 1.29 is 19.0 Å². The average molecular weight is 465 g/mol. The zero-order valence-corrected chi connectivity index (χ0v) is 19.4. The third-order valence-electron chi connectivity index (χ3n) is 6.57. The van der Waals surface area contributed by atoms with Crippen molar-refractivity contribution in [2.24, 2.45) is 5.92 Å². The van der Waals surface area contributed by atoms with Crippen LogP contribution in [-0.4, -0.2) is 91.7 Å². The molecule has 0 spiro atoms. The highest BCUT2D eigenvalue weighted by molar-refractivity contribution is 5.94. The molecule has 8 heteroatoms. The van der Waals surface area contributed by atoms with Gasteiger partial charge in [-0.2, -0.15) is 5.10 Å². The zero-order chi connectivity index (χ0) is 23.2. The second kappa shape index (κ2) is 11.0. The lowest BCUT2D eigenvalue weighted by atomic mass is 9.97. The van der Waals surface area contributed by atoms with Gasteiger partial charge in [-0.25, -0.2) is 0 Å². The number of H-pyrrole nitrogens is 1. The van der Waals surface area contributed by atoms with Crippen molar-refractivity contribution in [1.82, 2.24) is 20.0 Å². The molecule has 2 aromatic carbocycles. The van der Waals surface area contributed by atoms with Crippen molar-refractivity contribution in [2.75, 3.05) is 65.8 Å². The van der Waals surface area contributed by atoms with E-state index in [4.69, 9.17) is 14.2 Å². The van der Waals surface area contributed by atoms with E-state index in [9.17, 15) is 4.79 Å². The van der Waals surface area contributed by atoms with Gasteiger partial charge in [0, 0.05) is 49.6 Å². The first-order valence-corrected chi connectivity index (χ1v) is 12.1. The van der Waals surface area contributed by atoms with Crippen molar-refractivity contribution in [3.63, 3.8) is 0 Å². The van der Waals surface area contributed by atoms with Crippen LogP contribution < -0.4 is 4.74 Å². The fraction of sp³-hybridized carbons (Fsp3) is 0.462. The minimum absolute atomic E-state index is 0.0237. The molecule has 3 aromatic rings. The van der Waals surface area contributed by atoms with E-state index in [0.717, 1.165) is 55.9 Å². The summed E-state index contributed by atoms with van der Waals surface area (Å²) in [6, 6.07) is 13.7. The molecule has 34 heavy (non-hydrogen) atoms. The number of fused-ring (bicyclic) bond motifs is 1. The normalized spacial score (nSPS) is 19.8. The molecule has 0 unspecified atom stereocenters. The molecule has 1 atom stereocenters. The van der Waals surface area contributed by atoms with Crippen LogP contribution in [-0.2, 0) is 15.9 Å². The van der Waals surface area contributed by atoms with Crippen LogP contribution in [0.2, 0.25) is 0 Å². The van der Waals surface area contributed by atoms with Crippen LogP contribution in [0.5, 0.6) is 5.75 Å². The largest absolute Gasteiger partial charge is 0.492 e. The van der Waals surface area contributed by atoms with Crippen LogP contribution in [0.3, 0.4) is 0 Å². The molecule has 2 saturated heterocycles. The van der Waals surface area contributed by atoms with Crippen LogP contribution >= 0.6 is 0 Å². The molecule has 0 saturated carbocycles. The number of hydrogen-bond acceptors (Lipinski definition) is 6. The highest BCUT2D eigenvalue weighted by atomic mass is 16.5. The number of carbonyl (C=O) groups excluding carboxylic acids is 1. The van der Waals surface area contributed by atoms with Crippen LogP contribution in [0.15, 0.2) is 48.7 Å². The van der Waals surface area contributed by atoms with Crippen LogP contribution in [0.1, 0.15) is 15.9 Å². The van der Waals surface area contributed by atoms with E-state index in [1.807, 2.05) is 47.5 Å². The van der Waals surface area contributed by atoms with Gasteiger partial charge in [-0.15, -0.1) is 0 Å². The number of aromatic amines is 1. The first-order valence-electron chi connectivity index (χ1n) is 12.1. The number of ether oxygens (including phenoxy) is 3. The first-order chi connectivity index (χ1) is 16.8. The van der Waals surface area contributed by atoms with Gasteiger partial charge in [0.15, 0.2) is 0 Å². The maximum absolute atomic E-state index is 13.4. The topological polar surface area (TPSA) is 79.9 Å².